The van der Waals surface area contributed by atoms with E-state index in [1.807, 2.05) is 29.8 Å². The normalized spacial score (nSPS) is 10.4. The summed E-state index contributed by atoms with van der Waals surface area (Å²) in [4.78, 5) is 14.5. The molecule has 1 N–H and O–H groups in total. The lowest BCUT2D eigenvalue weighted by Crippen LogP contribution is -2.12. The van der Waals surface area contributed by atoms with Crippen molar-refractivity contribution < 1.29 is 4.79 Å². The van der Waals surface area contributed by atoms with Crippen molar-refractivity contribution in [1.29, 1.82) is 0 Å². The molecule has 0 radical (unpaired) electrons. The number of imidazole rings is 1. The number of hydrogen-bond acceptors (Lipinski definition) is 2. The third kappa shape index (κ3) is 1.35. The molecule has 0 aliphatic carbocycles. The van der Waals surface area contributed by atoms with Crippen LogP contribution in [0.4, 0.5) is 0 Å². The highest BCUT2D eigenvalue weighted by atomic mass is 16.1. The van der Waals surface area contributed by atoms with Crippen LogP contribution in [-0.4, -0.2) is 15.8 Å². The summed E-state index contributed by atoms with van der Waals surface area (Å²) in [7, 11) is 0. The van der Waals surface area contributed by atoms with E-state index < -0.39 is 0 Å². The molecular formula is C10H11N3O. The quantitative estimate of drug-likeness (QED) is 0.729. The first-order valence-corrected chi connectivity index (χ1v) is 4.41. The number of aromatic nitrogens is 2. The van der Waals surface area contributed by atoms with Crippen LogP contribution >= 0.6 is 0 Å². The first-order valence-electron chi connectivity index (χ1n) is 4.41. The molecule has 0 saturated heterocycles. The van der Waals surface area contributed by atoms with Crippen LogP contribution in [-0.2, 0) is 11.3 Å². The van der Waals surface area contributed by atoms with Gasteiger partial charge in [-0.25, -0.2) is 4.98 Å². The zero-order chi connectivity index (χ0) is 9.97. The van der Waals surface area contributed by atoms with Gasteiger partial charge >= 0.3 is 0 Å². The Kier molecular flexibility index (Phi) is 2.18. The zero-order valence-electron chi connectivity index (χ0n) is 7.90. The monoisotopic (exact) mass is 189 g/mol. The van der Waals surface area contributed by atoms with E-state index in [9.17, 15) is 4.79 Å². The lowest BCUT2D eigenvalue weighted by atomic mass is 10.1. The van der Waals surface area contributed by atoms with E-state index in [1.54, 1.807) is 6.20 Å². The predicted octanol–water partition coefficient (Wildman–Crippen LogP) is 0.889. The lowest BCUT2D eigenvalue weighted by molar-refractivity contribution is -0.109. The van der Waals surface area contributed by atoms with Crippen LogP contribution in [0.2, 0.25) is 0 Å². The molecule has 72 valence electrons. The van der Waals surface area contributed by atoms with Gasteiger partial charge in [-0.2, -0.15) is 0 Å². The molecule has 0 aliphatic rings. The highest BCUT2D eigenvalue weighted by molar-refractivity contribution is 5.54. The number of fused-ring (bicyclic) bond motifs is 1. The van der Waals surface area contributed by atoms with Crippen LogP contribution in [0.15, 0.2) is 24.7 Å². The minimum atomic E-state index is 0.524. The second-order valence-corrected chi connectivity index (χ2v) is 3.13. The molecule has 0 spiro atoms. The summed E-state index contributed by atoms with van der Waals surface area (Å²) in [5.74, 6) is 0. The molecule has 0 fully saturated rings. The Morgan fingerprint density at radius 3 is 3.21 bits per heavy atom. The number of nitrogens with one attached hydrogen (secondary N) is 1. The van der Waals surface area contributed by atoms with E-state index in [2.05, 4.69) is 10.3 Å². The fourth-order valence-electron chi connectivity index (χ4n) is 1.50. The molecule has 0 saturated carbocycles. The summed E-state index contributed by atoms with van der Waals surface area (Å²) in [5, 5.41) is 2.65. The number of carbonyl (C=O) groups is 1. The number of rotatable bonds is 3. The fourth-order valence-corrected chi connectivity index (χ4v) is 1.50. The van der Waals surface area contributed by atoms with Gasteiger partial charge in [-0.3, -0.25) is 4.79 Å². The summed E-state index contributed by atoms with van der Waals surface area (Å²) in [5.41, 5.74) is 3.10. The first-order chi connectivity index (χ1) is 6.83. The van der Waals surface area contributed by atoms with E-state index in [-0.39, 0.29) is 0 Å². The predicted molar refractivity (Wildman–Crippen MR) is 52.8 cm³/mol. The second kappa shape index (κ2) is 3.49. The third-order valence-electron chi connectivity index (χ3n) is 2.26. The Labute approximate surface area is 81.6 Å². The van der Waals surface area contributed by atoms with Gasteiger partial charge in [-0.05, 0) is 18.6 Å². The minimum absolute atomic E-state index is 0.524. The van der Waals surface area contributed by atoms with E-state index >= 15 is 0 Å². The summed E-state index contributed by atoms with van der Waals surface area (Å²) < 4.78 is 1.94. The average Bonchev–Trinajstić information content (AvgIpc) is 2.64. The van der Waals surface area contributed by atoms with Crippen LogP contribution in [0, 0.1) is 6.92 Å². The maximum atomic E-state index is 10.2. The fraction of sp³-hybridized carbons (Fsp3) is 0.200. The Bertz CT molecular complexity index is 461. The molecule has 2 heterocycles. The van der Waals surface area contributed by atoms with E-state index in [0.717, 1.165) is 16.8 Å². The standard InChI is InChI=1S/C10H11N3O/c1-8-2-4-13-5-3-12-10(13)9(8)6-11-7-14/h2-5,7H,6H2,1H3,(H,11,14). The SMILES string of the molecule is Cc1ccn2ccnc2c1CNC=O. The molecule has 1 amide bonds. The van der Waals surface area contributed by atoms with Gasteiger partial charge in [0.25, 0.3) is 0 Å². The molecule has 4 heteroatoms. The molecule has 0 aromatic carbocycles. The molecule has 4 nitrogen and oxygen atoms in total. The van der Waals surface area contributed by atoms with Crippen molar-refractivity contribution >= 4 is 12.1 Å². The number of aryl methyl sites for hydroxylation is 1. The number of amides is 1. The van der Waals surface area contributed by atoms with E-state index in [4.69, 9.17) is 0 Å². The van der Waals surface area contributed by atoms with Crippen molar-refractivity contribution in [1.82, 2.24) is 14.7 Å². The molecule has 0 unspecified atom stereocenters. The molecule has 2 rings (SSSR count). The van der Waals surface area contributed by atoms with Gasteiger partial charge in [-0.15, -0.1) is 0 Å². The maximum Gasteiger partial charge on any atom is 0.207 e. The molecule has 0 bridgehead atoms. The Morgan fingerprint density at radius 1 is 1.57 bits per heavy atom. The van der Waals surface area contributed by atoms with Gasteiger partial charge in [-0.1, -0.05) is 0 Å². The second-order valence-electron chi connectivity index (χ2n) is 3.13. The first kappa shape index (κ1) is 8.74. The largest absolute Gasteiger partial charge is 0.354 e. The topological polar surface area (TPSA) is 46.4 Å². The minimum Gasteiger partial charge on any atom is -0.354 e. The summed E-state index contributed by atoms with van der Waals surface area (Å²) >= 11 is 0. The molecule has 14 heavy (non-hydrogen) atoms. The summed E-state index contributed by atoms with van der Waals surface area (Å²) in [6.07, 6.45) is 6.30. The number of carbonyl (C=O) groups excluding carboxylic acids is 1. The smallest absolute Gasteiger partial charge is 0.207 e. The van der Waals surface area contributed by atoms with Gasteiger partial charge < -0.3 is 9.72 Å². The van der Waals surface area contributed by atoms with Crippen molar-refractivity contribution in [2.24, 2.45) is 0 Å². The van der Waals surface area contributed by atoms with Crippen LogP contribution in [0.25, 0.3) is 5.65 Å². The Balaban J connectivity index is 2.52. The van der Waals surface area contributed by atoms with Gasteiger partial charge in [0, 0.05) is 30.7 Å². The van der Waals surface area contributed by atoms with Crippen molar-refractivity contribution in [3.05, 3.63) is 35.8 Å². The van der Waals surface area contributed by atoms with Crippen LogP contribution < -0.4 is 5.32 Å². The van der Waals surface area contributed by atoms with E-state index in [0.29, 0.717) is 13.0 Å². The molecule has 2 aromatic heterocycles. The number of hydrogen-bond donors (Lipinski definition) is 1. The average molecular weight is 189 g/mol. The molecular weight excluding hydrogens is 178 g/mol. The lowest BCUT2D eigenvalue weighted by Gasteiger charge is -2.06. The maximum absolute atomic E-state index is 10.2. The molecule has 0 aliphatic heterocycles. The van der Waals surface area contributed by atoms with E-state index in [1.165, 1.54) is 0 Å². The van der Waals surface area contributed by atoms with Crippen molar-refractivity contribution in [2.45, 2.75) is 13.5 Å². The Morgan fingerprint density at radius 2 is 2.43 bits per heavy atom. The van der Waals surface area contributed by atoms with Crippen LogP contribution in [0.3, 0.4) is 0 Å². The van der Waals surface area contributed by atoms with Gasteiger partial charge in [0.05, 0.1) is 0 Å². The van der Waals surface area contributed by atoms with Gasteiger partial charge in [0.15, 0.2) is 0 Å². The number of nitrogens with zero attached hydrogens (tertiary/aromatic N) is 2. The zero-order valence-corrected chi connectivity index (χ0v) is 7.90. The number of pyridine rings is 1. The van der Waals surface area contributed by atoms with Crippen molar-refractivity contribution in [3.63, 3.8) is 0 Å². The van der Waals surface area contributed by atoms with Crippen molar-refractivity contribution in [3.8, 4) is 0 Å². The van der Waals surface area contributed by atoms with Gasteiger partial charge in [0.1, 0.15) is 5.65 Å². The highest BCUT2D eigenvalue weighted by Gasteiger charge is 2.04. The third-order valence-corrected chi connectivity index (χ3v) is 2.26. The molecule has 0 atom stereocenters. The molecule has 2 aromatic rings. The van der Waals surface area contributed by atoms with Crippen LogP contribution in [0.1, 0.15) is 11.1 Å². The Hall–Kier alpha value is -1.84. The highest BCUT2D eigenvalue weighted by Crippen LogP contribution is 2.13. The van der Waals surface area contributed by atoms with Crippen LogP contribution in [0.5, 0.6) is 0 Å². The van der Waals surface area contributed by atoms with Gasteiger partial charge in [0.2, 0.25) is 6.41 Å². The summed E-state index contributed by atoms with van der Waals surface area (Å²) in [6, 6.07) is 2.01. The van der Waals surface area contributed by atoms with Crippen molar-refractivity contribution in [2.75, 3.05) is 0 Å². The summed E-state index contributed by atoms with van der Waals surface area (Å²) in [6.45, 7) is 2.53.